The third-order valence-electron chi connectivity index (χ3n) is 3.44. The standard InChI is InChI=1S/C17H18N4OS2/c1-12-20-15(10-23-12)6-8-19-16(22)5-4-14-11-24-17(21-14)13-3-2-7-18-9-13/h2-3,7,9-11H,4-6,8H2,1H3,(H,19,22). The number of hydrogen-bond acceptors (Lipinski definition) is 6. The van der Waals surface area contributed by atoms with Gasteiger partial charge >= 0.3 is 0 Å². The quantitative estimate of drug-likeness (QED) is 0.704. The number of thiazole rings is 2. The summed E-state index contributed by atoms with van der Waals surface area (Å²) >= 11 is 3.22. The van der Waals surface area contributed by atoms with Crippen molar-refractivity contribution in [3.05, 3.63) is 51.7 Å². The highest BCUT2D eigenvalue weighted by molar-refractivity contribution is 7.13. The molecule has 0 saturated heterocycles. The number of pyridine rings is 1. The Morgan fingerprint density at radius 1 is 1.17 bits per heavy atom. The minimum absolute atomic E-state index is 0.0536. The van der Waals surface area contributed by atoms with E-state index in [1.165, 1.54) is 0 Å². The van der Waals surface area contributed by atoms with E-state index in [9.17, 15) is 4.79 Å². The Hall–Kier alpha value is -2.12. The molecule has 3 aromatic rings. The van der Waals surface area contributed by atoms with Gasteiger partial charge in [-0.2, -0.15) is 0 Å². The SMILES string of the molecule is Cc1nc(CCNC(=O)CCc2csc(-c3cccnc3)n2)cs1. The van der Waals surface area contributed by atoms with Crippen molar-refractivity contribution in [2.45, 2.75) is 26.2 Å². The smallest absolute Gasteiger partial charge is 0.220 e. The van der Waals surface area contributed by atoms with Gasteiger partial charge in [-0.25, -0.2) is 9.97 Å². The van der Waals surface area contributed by atoms with Crippen LogP contribution in [0.3, 0.4) is 0 Å². The Kier molecular flexibility index (Phi) is 5.66. The average molecular weight is 358 g/mol. The third kappa shape index (κ3) is 4.69. The van der Waals surface area contributed by atoms with Gasteiger partial charge in [0.15, 0.2) is 0 Å². The monoisotopic (exact) mass is 358 g/mol. The third-order valence-corrected chi connectivity index (χ3v) is 5.20. The van der Waals surface area contributed by atoms with Gasteiger partial charge in [0.2, 0.25) is 5.91 Å². The van der Waals surface area contributed by atoms with Crippen molar-refractivity contribution in [1.29, 1.82) is 0 Å². The van der Waals surface area contributed by atoms with Crippen molar-refractivity contribution in [2.24, 2.45) is 0 Å². The highest BCUT2D eigenvalue weighted by atomic mass is 32.1. The second-order valence-electron chi connectivity index (χ2n) is 5.34. The number of carbonyl (C=O) groups is 1. The van der Waals surface area contributed by atoms with E-state index in [2.05, 4.69) is 20.3 Å². The second kappa shape index (κ2) is 8.12. The fraction of sp³-hybridized carbons (Fsp3) is 0.294. The molecule has 124 valence electrons. The van der Waals surface area contributed by atoms with Crippen molar-refractivity contribution >= 4 is 28.6 Å². The van der Waals surface area contributed by atoms with Crippen LogP contribution >= 0.6 is 22.7 Å². The Morgan fingerprint density at radius 2 is 2.00 bits per heavy atom. The van der Waals surface area contributed by atoms with Crippen LogP contribution in [0, 0.1) is 6.92 Å². The van der Waals surface area contributed by atoms with E-state index < -0.39 is 0 Å². The van der Waals surface area contributed by atoms with Crippen molar-refractivity contribution in [3.63, 3.8) is 0 Å². The lowest BCUT2D eigenvalue weighted by Gasteiger charge is -2.03. The number of nitrogens with zero attached hydrogens (tertiary/aromatic N) is 3. The maximum absolute atomic E-state index is 11.9. The number of carbonyl (C=O) groups excluding carboxylic acids is 1. The molecule has 24 heavy (non-hydrogen) atoms. The van der Waals surface area contributed by atoms with Crippen LogP contribution in [0.1, 0.15) is 22.8 Å². The molecule has 1 N–H and O–H groups in total. The van der Waals surface area contributed by atoms with Crippen molar-refractivity contribution in [3.8, 4) is 10.6 Å². The predicted molar refractivity (Wildman–Crippen MR) is 97.2 cm³/mol. The molecular formula is C17H18N4OS2. The lowest BCUT2D eigenvalue weighted by atomic mass is 10.2. The molecular weight excluding hydrogens is 340 g/mol. The number of hydrogen-bond donors (Lipinski definition) is 1. The molecule has 0 saturated carbocycles. The van der Waals surface area contributed by atoms with Crippen LogP contribution in [0.15, 0.2) is 35.3 Å². The van der Waals surface area contributed by atoms with Crippen molar-refractivity contribution < 1.29 is 4.79 Å². The number of aromatic nitrogens is 3. The highest BCUT2D eigenvalue weighted by Gasteiger charge is 2.08. The molecule has 0 spiro atoms. The summed E-state index contributed by atoms with van der Waals surface area (Å²) in [4.78, 5) is 25.0. The van der Waals surface area contributed by atoms with E-state index in [-0.39, 0.29) is 5.91 Å². The zero-order chi connectivity index (χ0) is 16.8. The zero-order valence-electron chi connectivity index (χ0n) is 13.4. The summed E-state index contributed by atoms with van der Waals surface area (Å²) in [5.41, 5.74) is 3.00. The Morgan fingerprint density at radius 3 is 2.75 bits per heavy atom. The first-order valence-electron chi connectivity index (χ1n) is 7.73. The molecule has 3 aromatic heterocycles. The molecule has 1 amide bonds. The molecule has 0 aliphatic heterocycles. The fourth-order valence-electron chi connectivity index (χ4n) is 2.23. The number of amides is 1. The summed E-state index contributed by atoms with van der Waals surface area (Å²) in [5.74, 6) is 0.0536. The largest absolute Gasteiger partial charge is 0.356 e. The summed E-state index contributed by atoms with van der Waals surface area (Å²) in [5, 5.41) is 8.99. The summed E-state index contributed by atoms with van der Waals surface area (Å²) in [7, 11) is 0. The van der Waals surface area contributed by atoms with E-state index in [1.807, 2.05) is 29.8 Å². The summed E-state index contributed by atoms with van der Waals surface area (Å²) < 4.78 is 0. The first kappa shape index (κ1) is 16.7. The predicted octanol–water partition coefficient (Wildman–Crippen LogP) is 3.26. The van der Waals surface area contributed by atoms with Gasteiger partial charge in [0, 0.05) is 48.1 Å². The van der Waals surface area contributed by atoms with Crippen LogP contribution in [0.5, 0.6) is 0 Å². The van der Waals surface area contributed by atoms with E-state index in [1.54, 1.807) is 35.1 Å². The second-order valence-corrected chi connectivity index (χ2v) is 7.26. The molecule has 3 heterocycles. The zero-order valence-corrected chi connectivity index (χ0v) is 15.0. The summed E-state index contributed by atoms with van der Waals surface area (Å²) in [6.45, 7) is 2.61. The number of aryl methyl sites for hydroxylation is 2. The van der Waals surface area contributed by atoms with E-state index >= 15 is 0 Å². The van der Waals surface area contributed by atoms with Gasteiger partial charge in [-0.3, -0.25) is 9.78 Å². The molecule has 5 nitrogen and oxygen atoms in total. The van der Waals surface area contributed by atoms with Gasteiger partial charge in [-0.15, -0.1) is 22.7 Å². The topological polar surface area (TPSA) is 67.8 Å². The minimum atomic E-state index is 0.0536. The van der Waals surface area contributed by atoms with Crippen molar-refractivity contribution in [2.75, 3.05) is 6.54 Å². The number of nitrogens with one attached hydrogen (secondary N) is 1. The molecule has 0 aliphatic rings. The van der Waals surface area contributed by atoms with Gasteiger partial charge in [0.1, 0.15) is 5.01 Å². The Labute approximate surface area is 148 Å². The van der Waals surface area contributed by atoms with Gasteiger partial charge in [-0.05, 0) is 25.5 Å². The Balaban J connectivity index is 1.42. The maximum Gasteiger partial charge on any atom is 0.220 e. The van der Waals surface area contributed by atoms with E-state index in [0.717, 1.165) is 33.4 Å². The first-order valence-corrected chi connectivity index (χ1v) is 9.49. The van der Waals surface area contributed by atoms with Gasteiger partial charge in [0.05, 0.1) is 16.4 Å². The van der Waals surface area contributed by atoms with Crippen LogP contribution in [-0.4, -0.2) is 27.4 Å². The van der Waals surface area contributed by atoms with Gasteiger partial charge in [0.25, 0.3) is 0 Å². The molecule has 0 aromatic carbocycles. The van der Waals surface area contributed by atoms with E-state index in [4.69, 9.17) is 0 Å². The van der Waals surface area contributed by atoms with Crippen LogP contribution in [-0.2, 0) is 17.6 Å². The fourth-order valence-corrected chi connectivity index (χ4v) is 3.72. The van der Waals surface area contributed by atoms with Crippen LogP contribution in [0.4, 0.5) is 0 Å². The van der Waals surface area contributed by atoms with Crippen LogP contribution < -0.4 is 5.32 Å². The van der Waals surface area contributed by atoms with Crippen LogP contribution in [0.2, 0.25) is 0 Å². The average Bonchev–Trinajstić information content (AvgIpc) is 3.23. The molecule has 3 rings (SSSR count). The molecule has 0 atom stereocenters. The maximum atomic E-state index is 11.9. The minimum Gasteiger partial charge on any atom is -0.356 e. The van der Waals surface area contributed by atoms with Crippen molar-refractivity contribution in [1.82, 2.24) is 20.3 Å². The van der Waals surface area contributed by atoms with Crippen LogP contribution in [0.25, 0.3) is 10.6 Å². The molecule has 0 unspecified atom stereocenters. The first-order chi connectivity index (χ1) is 11.7. The molecule has 0 bridgehead atoms. The summed E-state index contributed by atoms with van der Waals surface area (Å²) in [6, 6.07) is 3.89. The molecule has 0 fully saturated rings. The molecule has 0 radical (unpaired) electrons. The van der Waals surface area contributed by atoms with Gasteiger partial charge in [-0.1, -0.05) is 0 Å². The normalized spacial score (nSPS) is 10.7. The highest BCUT2D eigenvalue weighted by Crippen LogP contribution is 2.23. The molecule has 0 aliphatic carbocycles. The Bertz CT molecular complexity index is 798. The summed E-state index contributed by atoms with van der Waals surface area (Å²) in [6.07, 6.45) is 5.42. The van der Waals surface area contributed by atoms with E-state index in [0.29, 0.717) is 19.4 Å². The van der Waals surface area contributed by atoms with Gasteiger partial charge < -0.3 is 5.32 Å². The lowest BCUT2D eigenvalue weighted by molar-refractivity contribution is -0.121. The lowest BCUT2D eigenvalue weighted by Crippen LogP contribution is -2.26. The molecule has 7 heteroatoms. The number of rotatable bonds is 7.